The van der Waals surface area contributed by atoms with Crippen molar-refractivity contribution in [3.8, 4) is 0 Å². The summed E-state index contributed by atoms with van der Waals surface area (Å²) < 4.78 is 0. The van der Waals surface area contributed by atoms with Crippen LogP contribution in [0.15, 0.2) is 11.8 Å². The average molecular weight is 235 g/mol. The third-order valence-corrected chi connectivity index (χ3v) is 3.94. The molecule has 0 unspecified atom stereocenters. The van der Waals surface area contributed by atoms with Crippen LogP contribution < -0.4 is 0 Å². The second-order valence-electron chi connectivity index (χ2n) is 8.60. The summed E-state index contributed by atoms with van der Waals surface area (Å²) in [6.45, 7) is 17.1. The molecule has 1 saturated heterocycles. The Morgan fingerprint density at radius 3 is 1.59 bits per heavy atom. The molecule has 1 heterocycles. The molecule has 0 radical (unpaired) electrons. The minimum atomic E-state index is 0.434. The number of hydrogen-bond donors (Lipinski definition) is 0. The molecule has 1 heteroatoms. The van der Waals surface area contributed by atoms with Crippen LogP contribution in [0.2, 0.25) is 0 Å². The Labute approximate surface area is 107 Å². The van der Waals surface area contributed by atoms with E-state index in [-0.39, 0.29) is 0 Å². The Morgan fingerprint density at radius 1 is 0.824 bits per heavy atom. The van der Waals surface area contributed by atoms with Crippen LogP contribution in [0.5, 0.6) is 0 Å². The molecule has 0 aromatic carbocycles. The highest BCUT2D eigenvalue weighted by Crippen LogP contribution is 2.46. The van der Waals surface area contributed by atoms with Gasteiger partial charge in [-0.15, -0.1) is 0 Å². The van der Waals surface area contributed by atoms with Crippen LogP contribution in [0, 0.1) is 16.2 Å². The van der Waals surface area contributed by atoms with E-state index in [2.05, 4.69) is 52.5 Å². The molecular weight excluding hydrogens is 206 g/mol. The summed E-state index contributed by atoms with van der Waals surface area (Å²) in [6.07, 6.45) is 6.26. The van der Waals surface area contributed by atoms with Crippen molar-refractivity contribution in [2.45, 2.75) is 60.8 Å². The van der Waals surface area contributed by atoms with Crippen molar-refractivity contribution < 1.29 is 0 Å². The smallest absolute Gasteiger partial charge is 0.0226 e. The van der Waals surface area contributed by atoms with Gasteiger partial charge in [-0.25, -0.2) is 0 Å². The third kappa shape index (κ3) is 3.50. The molecule has 1 fully saturated rings. The first-order chi connectivity index (χ1) is 7.59. The quantitative estimate of drug-likeness (QED) is 0.649. The van der Waals surface area contributed by atoms with E-state index in [0.717, 1.165) is 0 Å². The van der Waals surface area contributed by atoms with Gasteiger partial charge in [0.25, 0.3) is 0 Å². The molecule has 1 nitrogen and oxygen atoms in total. The number of rotatable bonds is 1. The lowest BCUT2D eigenvalue weighted by molar-refractivity contribution is 0.0435. The van der Waals surface area contributed by atoms with E-state index in [9.17, 15) is 0 Å². The largest absolute Gasteiger partial charge is 0.374 e. The molecule has 0 bridgehead atoms. The number of nitrogens with zero attached hydrogens (tertiary/aromatic N) is 1. The van der Waals surface area contributed by atoms with Gasteiger partial charge in [0.15, 0.2) is 0 Å². The van der Waals surface area contributed by atoms with Gasteiger partial charge < -0.3 is 4.90 Å². The third-order valence-electron chi connectivity index (χ3n) is 3.94. The summed E-state index contributed by atoms with van der Waals surface area (Å²) in [5.74, 6) is 0. The van der Waals surface area contributed by atoms with E-state index in [1.54, 1.807) is 5.70 Å². The van der Waals surface area contributed by atoms with Crippen molar-refractivity contribution in [3.63, 3.8) is 0 Å². The van der Waals surface area contributed by atoms with Gasteiger partial charge in [-0.05, 0) is 29.1 Å². The lowest BCUT2D eigenvalue weighted by Crippen LogP contribution is -2.44. The molecule has 2 rings (SSSR count). The van der Waals surface area contributed by atoms with Crippen molar-refractivity contribution >= 4 is 0 Å². The summed E-state index contributed by atoms with van der Waals surface area (Å²) in [7, 11) is 0. The molecule has 0 saturated carbocycles. The fourth-order valence-electron chi connectivity index (χ4n) is 4.36. The van der Waals surface area contributed by atoms with Crippen LogP contribution in [0.4, 0.5) is 0 Å². The normalized spacial score (nSPS) is 30.2. The number of allylic oxidation sites excluding steroid dienone is 2. The molecule has 0 atom stereocenters. The van der Waals surface area contributed by atoms with Gasteiger partial charge in [-0.2, -0.15) is 0 Å². The Morgan fingerprint density at radius 2 is 1.24 bits per heavy atom. The molecule has 98 valence electrons. The Hall–Kier alpha value is -0.460. The molecule has 0 aromatic heterocycles. The van der Waals surface area contributed by atoms with Gasteiger partial charge in [-0.1, -0.05) is 47.6 Å². The van der Waals surface area contributed by atoms with Crippen LogP contribution >= 0.6 is 0 Å². The molecule has 2 aliphatic rings. The van der Waals surface area contributed by atoms with E-state index in [0.29, 0.717) is 16.2 Å². The predicted octanol–water partition coefficient (Wildman–Crippen LogP) is 4.45. The maximum atomic E-state index is 2.65. The molecule has 0 aromatic rings. The zero-order valence-electron chi connectivity index (χ0n) is 12.6. The molecule has 1 aliphatic carbocycles. The fourth-order valence-corrected chi connectivity index (χ4v) is 4.36. The maximum Gasteiger partial charge on any atom is 0.0226 e. The minimum absolute atomic E-state index is 0.434. The zero-order valence-corrected chi connectivity index (χ0v) is 12.6. The van der Waals surface area contributed by atoms with E-state index >= 15 is 0 Å². The topological polar surface area (TPSA) is 3.24 Å². The lowest BCUT2D eigenvalue weighted by atomic mass is 9.65. The summed E-state index contributed by atoms with van der Waals surface area (Å²) in [6, 6.07) is 0. The maximum absolute atomic E-state index is 2.65. The van der Waals surface area contributed by atoms with Crippen LogP contribution in [0.25, 0.3) is 0 Å². The van der Waals surface area contributed by atoms with Crippen molar-refractivity contribution in [3.05, 3.63) is 11.8 Å². The molecular formula is C16H29N. The summed E-state index contributed by atoms with van der Waals surface area (Å²) in [5.41, 5.74) is 2.93. The van der Waals surface area contributed by atoms with Gasteiger partial charge in [0, 0.05) is 25.2 Å². The standard InChI is InChI=1S/C16H29N/c1-14(2)9-15(3,4)11-17(13-7-8-13)12-16(5,6)10-14/h7H,8-12H2,1-6H3. The van der Waals surface area contributed by atoms with Crippen molar-refractivity contribution in [1.82, 2.24) is 4.90 Å². The van der Waals surface area contributed by atoms with Gasteiger partial charge in [-0.3, -0.25) is 0 Å². The Bertz CT molecular complexity index is 311. The van der Waals surface area contributed by atoms with Gasteiger partial charge in [0.2, 0.25) is 0 Å². The van der Waals surface area contributed by atoms with E-state index < -0.39 is 0 Å². The molecule has 17 heavy (non-hydrogen) atoms. The summed E-state index contributed by atoms with van der Waals surface area (Å²) >= 11 is 0. The average Bonchev–Trinajstić information content (AvgIpc) is 2.74. The Kier molecular flexibility index (Phi) is 2.88. The minimum Gasteiger partial charge on any atom is -0.374 e. The fraction of sp³-hybridized carbons (Fsp3) is 0.875. The predicted molar refractivity (Wildman–Crippen MR) is 74.9 cm³/mol. The van der Waals surface area contributed by atoms with Crippen LogP contribution in [-0.4, -0.2) is 18.0 Å². The monoisotopic (exact) mass is 235 g/mol. The van der Waals surface area contributed by atoms with Crippen molar-refractivity contribution in [2.75, 3.05) is 13.1 Å². The number of likely N-dealkylation sites (tertiary alicyclic amines) is 1. The zero-order chi connectivity index (χ0) is 12.9. The lowest BCUT2D eigenvalue weighted by Gasteiger charge is -2.47. The second-order valence-corrected chi connectivity index (χ2v) is 8.60. The van der Waals surface area contributed by atoms with Crippen LogP contribution in [-0.2, 0) is 0 Å². The van der Waals surface area contributed by atoms with Crippen molar-refractivity contribution in [1.29, 1.82) is 0 Å². The molecule has 0 N–H and O–H groups in total. The van der Waals surface area contributed by atoms with E-state index in [1.807, 2.05) is 0 Å². The highest BCUT2D eigenvalue weighted by molar-refractivity contribution is 5.21. The van der Waals surface area contributed by atoms with Crippen LogP contribution in [0.1, 0.15) is 60.8 Å². The first-order valence-electron chi connectivity index (χ1n) is 7.03. The van der Waals surface area contributed by atoms with Gasteiger partial charge in [0.05, 0.1) is 0 Å². The van der Waals surface area contributed by atoms with E-state index in [1.165, 1.54) is 32.4 Å². The van der Waals surface area contributed by atoms with E-state index in [4.69, 9.17) is 0 Å². The van der Waals surface area contributed by atoms with Crippen molar-refractivity contribution in [2.24, 2.45) is 16.2 Å². The number of hydrogen-bond acceptors (Lipinski definition) is 1. The van der Waals surface area contributed by atoms with Gasteiger partial charge in [0.1, 0.15) is 0 Å². The summed E-state index contributed by atoms with van der Waals surface area (Å²) in [5, 5.41) is 0. The highest BCUT2D eigenvalue weighted by atomic mass is 15.2. The summed E-state index contributed by atoms with van der Waals surface area (Å²) in [4.78, 5) is 2.65. The van der Waals surface area contributed by atoms with Gasteiger partial charge >= 0.3 is 0 Å². The molecule has 0 spiro atoms. The SMILES string of the molecule is CC1(C)CN(C2=CC2)CC(C)(C)CC(C)(C)C1. The molecule has 0 amide bonds. The first-order valence-corrected chi connectivity index (χ1v) is 7.03. The van der Waals surface area contributed by atoms with Crippen LogP contribution in [0.3, 0.4) is 0 Å². The first kappa shape index (κ1) is 13.0. The second kappa shape index (κ2) is 3.76. The highest BCUT2D eigenvalue weighted by Gasteiger charge is 2.40. The molecule has 1 aliphatic heterocycles. The Balaban J connectivity index is 2.19.